The summed E-state index contributed by atoms with van der Waals surface area (Å²) in [7, 11) is -1.95. The summed E-state index contributed by atoms with van der Waals surface area (Å²) in [5.74, 6) is 0.231. The van der Waals surface area contributed by atoms with Gasteiger partial charge in [0.15, 0.2) is 0 Å². The molecule has 0 spiro atoms. The molecule has 0 bridgehead atoms. The highest BCUT2D eigenvalue weighted by atomic mass is 32.2. The van der Waals surface area contributed by atoms with E-state index in [0.29, 0.717) is 17.9 Å². The van der Waals surface area contributed by atoms with Gasteiger partial charge in [-0.2, -0.15) is 0 Å². The van der Waals surface area contributed by atoms with E-state index in [-0.39, 0.29) is 31.3 Å². The van der Waals surface area contributed by atoms with Crippen molar-refractivity contribution in [2.24, 2.45) is 0 Å². The van der Waals surface area contributed by atoms with Crippen molar-refractivity contribution in [2.45, 2.75) is 65.6 Å². The lowest BCUT2D eigenvalue weighted by atomic mass is 10.1. The number of nitrogens with zero attached hydrogens (tertiary/aromatic N) is 2. The van der Waals surface area contributed by atoms with Gasteiger partial charge in [0, 0.05) is 25.0 Å². The molecule has 8 nitrogen and oxygen atoms in total. The zero-order chi connectivity index (χ0) is 27.1. The van der Waals surface area contributed by atoms with Gasteiger partial charge in [-0.15, -0.1) is 0 Å². The van der Waals surface area contributed by atoms with E-state index in [9.17, 15) is 18.0 Å². The maximum atomic E-state index is 13.4. The molecule has 2 aromatic rings. The highest BCUT2D eigenvalue weighted by molar-refractivity contribution is 7.92. The fourth-order valence-electron chi connectivity index (χ4n) is 3.81. The summed E-state index contributed by atoms with van der Waals surface area (Å²) in [6.45, 7) is 9.63. The van der Waals surface area contributed by atoms with E-state index in [1.54, 1.807) is 31.1 Å². The van der Waals surface area contributed by atoms with Gasteiger partial charge in [-0.1, -0.05) is 30.3 Å². The number of nitrogens with one attached hydrogen (secondary N) is 1. The van der Waals surface area contributed by atoms with Crippen LogP contribution in [-0.4, -0.2) is 56.6 Å². The van der Waals surface area contributed by atoms with Crippen LogP contribution in [0.25, 0.3) is 0 Å². The van der Waals surface area contributed by atoms with Gasteiger partial charge in [0.05, 0.1) is 19.1 Å². The number of anilines is 1. The largest absolute Gasteiger partial charge is 0.497 e. The molecule has 2 rings (SSSR count). The number of carbonyl (C=O) groups is 2. The lowest BCUT2D eigenvalue weighted by Gasteiger charge is -2.32. The number of rotatable bonds is 11. The van der Waals surface area contributed by atoms with Crippen molar-refractivity contribution in [3.8, 4) is 5.75 Å². The average Bonchev–Trinajstić information content (AvgIpc) is 2.79. The molecule has 2 amide bonds. The summed E-state index contributed by atoms with van der Waals surface area (Å²) in [5, 5.41) is 2.94. The number of sulfonamides is 1. The van der Waals surface area contributed by atoms with Crippen LogP contribution in [0, 0.1) is 6.92 Å². The lowest BCUT2D eigenvalue weighted by Crippen LogP contribution is -2.52. The van der Waals surface area contributed by atoms with Gasteiger partial charge in [-0.3, -0.25) is 13.9 Å². The molecular weight excluding hydrogens is 478 g/mol. The van der Waals surface area contributed by atoms with Crippen LogP contribution in [0.15, 0.2) is 48.5 Å². The number of hydrogen-bond acceptors (Lipinski definition) is 5. The quantitative estimate of drug-likeness (QED) is 0.488. The Morgan fingerprint density at radius 2 is 1.67 bits per heavy atom. The molecule has 9 heteroatoms. The summed E-state index contributed by atoms with van der Waals surface area (Å²) in [4.78, 5) is 27.8. The minimum Gasteiger partial charge on any atom is -0.497 e. The predicted octanol–water partition coefficient (Wildman–Crippen LogP) is 3.88. The smallest absolute Gasteiger partial charge is 0.242 e. The number of para-hydroxylation sites is 1. The van der Waals surface area contributed by atoms with Crippen LogP contribution in [0.3, 0.4) is 0 Å². The van der Waals surface area contributed by atoms with Gasteiger partial charge in [0.25, 0.3) is 0 Å². The Morgan fingerprint density at radius 3 is 2.19 bits per heavy atom. The maximum absolute atomic E-state index is 13.4. The van der Waals surface area contributed by atoms with Crippen molar-refractivity contribution in [3.63, 3.8) is 0 Å². The summed E-state index contributed by atoms with van der Waals surface area (Å²) in [5.41, 5.74) is 1.85. The molecule has 198 valence electrons. The van der Waals surface area contributed by atoms with Gasteiger partial charge in [0.2, 0.25) is 21.8 Å². The second-order valence-electron chi connectivity index (χ2n) is 10.0. The zero-order valence-corrected chi connectivity index (χ0v) is 23.2. The number of carbonyl (C=O) groups excluding carboxylic acids is 2. The van der Waals surface area contributed by atoms with Crippen molar-refractivity contribution in [3.05, 3.63) is 59.7 Å². The molecule has 0 unspecified atom stereocenters. The standard InChI is InChI=1S/C27H39N3O5S/c1-20-11-8-9-12-24(20)30(36(7,33)34)18-10-13-25(31)29(21(2)26(32)28-27(3,4)5)19-22-14-16-23(35-6)17-15-22/h8-9,11-12,14-17,21H,10,13,18-19H2,1-7H3,(H,28,32)/t21-/m1/s1. The first kappa shape index (κ1) is 29.2. The fraction of sp³-hybridized carbons (Fsp3) is 0.481. The summed E-state index contributed by atoms with van der Waals surface area (Å²) < 4.78 is 31.5. The topological polar surface area (TPSA) is 96.0 Å². The van der Waals surface area contributed by atoms with E-state index >= 15 is 0 Å². The molecular formula is C27H39N3O5S. The molecule has 0 aliphatic heterocycles. The highest BCUT2D eigenvalue weighted by Gasteiger charge is 2.28. The van der Waals surface area contributed by atoms with Crippen molar-refractivity contribution in [1.29, 1.82) is 0 Å². The Kier molecular flexibility index (Phi) is 9.93. The van der Waals surface area contributed by atoms with Gasteiger partial charge in [-0.05, 0) is 70.4 Å². The van der Waals surface area contributed by atoms with Gasteiger partial charge in [0.1, 0.15) is 11.8 Å². The van der Waals surface area contributed by atoms with Crippen molar-refractivity contribution in [1.82, 2.24) is 10.2 Å². The second-order valence-corrected chi connectivity index (χ2v) is 11.9. The molecule has 0 fully saturated rings. The summed E-state index contributed by atoms with van der Waals surface area (Å²) in [6.07, 6.45) is 1.57. The number of ether oxygens (including phenoxy) is 1. The molecule has 0 saturated heterocycles. The Hall–Kier alpha value is -3.07. The lowest BCUT2D eigenvalue weighted by molar-refractivity contribution is -0.141. The number of aryl methyl sites for hydroxylation is 1. The van der Waals surface area contributed by atoms with Crippen molar-refractivity contribution in [2.75, 3.05) is 24.2 Å². The first-order valence-corrected chi connectivity index (χ1v) is 13.9. The third kappa shape index (κ3) is 8.55. The second kappa shape index (κ2) is 12.3. The third-order valence-corrected chi connectivity index (χ3v) is 6.89. The molecule has 0 aliphatic carbocycles. The van der Waals surface area contributed by atoms with E-state index in [2.05, 4.69) is 5.32 Å². The van der Waals surface area contributed by atoms with E-state index in [4.69, 9.17) is 4.74 Å². The van der Waals surface area contributed by atoms with Crippen LogP contribution in [0.1, 0.15) is 51.7 Å². The minimum atomic E-state index is -3.53. The van der Waals surface area contributed by atoms with Crippen LogP contribution in [0.4, 0.5) is 5.69 Å². The van der Waals surface area contributed by atoms with Crippen LogP contribution in [0.2, 0.25) is 0 Å². The number of benzene rings is 2. The first-order valence-electron chi connectivity index (χ1n) is 12.0. The highest BCUT2D eigenvalue weighted by Crippen LogP contribution is 2.23. The van der Waals surface area contributed by atoms with Gasteiger partial charge in [-0.25, -0.2) is 8.42 Å². The Labute approximate surface area is 215 Å². The van der Waals surface area contributed by atoms with Crippen LogP contribution in [0.5, 0.6) is 5.75 Å². The SMILES string of the molecule is COc1ccc(CN(C(=O)CCCN(c2ccccc2C)S(C)(=O)=O)[C@H](C)C(=O)NC(C)(C)C)cc1. The molecule has 0 radical (unpaired) electrons. The molecule has 2 aromatic carbocycles. The Morgan fingerprint density at radius 1 is 1.06 bits per heavy atom. The zero-order valence-electron chi connectivity index (χ0n) is 22.4. The monoisotopic (exact) mass is 517 g/mol. The predicted molar refractivity (Wildman–Crippen MR) is 144 cm³/mol. The van der Waals surface area contributed by atoms with Gasteiger partial charge < -0.3 is 15.0 Å². The summed E-state index contributed by atoms with van der Waals surface area (Å²) in [6, 6.07) is 13.9. The van der Waals surface area contributed by atoms with Crippen LogP contribution >= 0.6 is 0 Å². The number of hydrogen-bond donors (Lipinski definition) is 1. The molecule has 0 saturated carbocycles. The number of amides is 2. The molecule has 36 heavy (non-hydrogen) atoms. The van der Waals surface area contributed by atoms with E-state index in [1.165, 1.54) is 4.31 Å². The van der Waals surface area contributed by atoms with Crippen LogP contribution in [-0.2, 0) is 26.2 Å². The van der Waals surface area contributed by atoms with Crippen molar-refractivity contribution >= 4 is 27.5 Å². The molecule has 1 N–H and O–H groups in total. The Balaban J connectivity index is 2.20. The van der Waals surface area contributed by atoms with E-state index in [0.717, 1.165) is 17.4 Å². The van der Waals surface area contributed by atoms with Gasteiger partial charge >= 0.3 is 0 Å². The maximum Gasteiger partial charge on any atom is 0.242 e. The first-order chi connectivity index (χ1) is 16.7. The fourth-order valence-corrected chi connectivity index (χ4v) is 4.83. The number of methoxy groups -OCH3 is 1. The summed E-state index contributed by atoms with van der Waals surface area (Å²) >= 11 is 0. The average molecular weight is 518 g/mol. The molecule has 1 atom stereocenters. The van der Waals surface area contributed by atoms with Crippen molar-refractivity contribution < 1.29 is 22.7 Å². The van der Waals surface area contributed by atoms with Crippen LogP contribution < -0.4 is 14.4 Å². The molecule has 0 heterocycles. The third-order valence-electron chi connectivity index (χ3n) is 5.71. The van der Waals surface area contributed by atoms with E-state index < -0.39 is 21.6 Å². The normalized spacial score (nSPS) is 12.5. The van der Waals surface area contributed by atoms with E-state index in [1.807, 2.05) is 64.1 Å². The molecule has 0 aliphatic rings. The Bertz CT molecular complexity index is 1140. The molecule has 0 aromatic heterocycles. The minimum absolute atomic E-state index is 0.0984.